The average Bonchev–Trinajstić information content (AvgIpc) is 2.85. The van der Waals surface area contributed by atoms with E-state index in [4.69, 9.17) is 0 Å². The van der Waals surface area contributed by atoms with Crippen LogP contribution in [0.4, 0.5) is 0 Å². The first-order valence-corrected chi connectivity index (χ1v) is 7.40. The molecule has 3 rings (SSSR count). The molecular formula is C13H21N3S. The predicted molar refractivity (Wildman–Crippen MR) is 71.3 cm³/mol. The van der Waals surface area contributed by atoms with E-state index in [1.807, 2.05) is 11.3 Å². The summed E-state index contributed by atoms with van der Waals surface area (Å²) in [6.45, 7) is 10.4. The van der Waals surface area contributed by atoms with Crippen LogP contribution in [-0.2, 0) is 6.54 Å². The van der Waals surface area contributed by atoms with Crippen molar-refractivity contribution in [2.45, 2.75) is 26.8 Å². The largest absolute Gasteiger partial charge is 0.316 e. The molecule has 0 spiro atoms. The maximum absolute atomic E-state index is 4.52. The van der Waals surface area contributed by atoms with Crippen molar-refractivity contribution in [1.82, 2.24) is 15.2 Å². The van der Waals surface area contributed by atoms with Gasteiger partial charge in [0.05, 0.1) is 10.7 Å². The van der Waals surface area contributed by atoms with Gasteiger partial charge in [0.25, 0.3) is 0 Å². The van der Waals surface area contributed by atoms with Gasteiger partial charge < -0.3 is 5.32 Å². The van der Waals surface area contributed by atoms with Gasteiger partial charge in [-0.25, -0.2) is 4.98 Å². The zero-order chi connectivity index (χ0) is 11.8. The van der Waals surface area contributed by atoms with Crippen LogP contribution >= 0.6 is 11.3 Å². The third-order valence-electron chi connectivity index (χ3n) is 4.16. The van der Waals surface area contributed by atoms with E-state index in [1.165, 1.54) is 48.2 Å². The highest BCUT2D eigenvalue weighted by atomic mass is 32.1. The number of hydrogen-bond donors (Lipinski definition) is 1. The van der Waals surface area contributed by atoms with E-state index >= 15 is 0 Å². The molecule has 94 valence electrons. The van der Waals surface area contributed by atoms with Crippen molar-refractivity contribution in [3.63, 3.8) is 0 Å². The predicted octanol–water partition coefficient (Wildman–Crippen LogP) is 1.80. The first-order valence-electron chi connectivity index (χ1n) is 6.58. The van der Waals surface area contributed by atoms with Gasteiger partial charge in [0.2, 0.25) is 0 Å². The van der Waals surface area contributed by atoms with Crippen LogP contribution in [0.2, 0.25) is 0 Å². The molecule has 3 heterocycles. The van der Waals surface area contributed by atoms with Crippen LogP contribution < -0.4 is 5.32 Å². The summed E-state index contributed by atoms with van der Waals surface area (Å²) in [5.74, 6) is 1.83. The SMILES string of the molecule is Cc1nc(C)c(CN2CCC3CNCC3C2)s1. The molecule has 1 N–H and O–H groups in total. The fraction of sp³-hybridized carbons (Fsp3) is 0.769. The minimum Gasteiger partial charge on any atom is -0.316 e. The van der Waals surface area contributed by atoms with E-state index < -0.39 is 0 Å². The lowest BCUT2D eigenvalue weighted by Crippen LogP contribution is -2.39. The number of aryl methyl sites for hydroxylation is 2. The van der Waals surface area contributed by atoms with Crippen molar-refractivity contribution in [1.29, 1.82) is 0 Å². The van der Waals surface area contributed by atoms with Gasteiger partial charge in [0.15, 0.2) is 0 Å². The Kier molecular flexibility index (Phi) is 3.19. The van der Waals surface area contributed by atoms with Gasteiger partial charge in [-0.05, 0) is 51.7 Å². The molecule has 1 aromatic rings. The molecule has 0 bridgehead atoms. The molecule has 2 atom stereocenters. The summed E-state index contributed by atoms with van der Waals surface area (Å²) in [6.07, 6.45) is 1.37. The molecule has 4 heteroatoms. The van der Waals surface area contributed by atoms with E-state index in [2.05, 4.69) is 29.0 Å². The molecule has 2 unspecified atom stereocenters. The number of aromatic nitrogens is 1. The van der Waals surface area contributed by atoms with E-state index in [0.29, 0.717) is 0 Å². The molecule has 17 heavy (non-hydrogen) atoms. The van der Waals surface area contributed by atoms with E-state index in [-0.39, 0.29) is 0 Å². The topological polar surface area (TPSA) is 28.2 Å². The lowest BCUT2D eigenvalue weighted by atomic mass is 9.89. The zero-order valence-electron chi connectivity index (χ0n) is 10.7. The highest BCUT2D eigenvalue weighted by Gasteiger charge is 2.32. The molecule has 2 fully saturated rings. The molecule has 2 aliphatic heterocycles. The second kappa shape index (κ2) is 4.67. The van der Waals surface area contributed by atoms with Crippen molar-refractivity contribution >= 4 is 11.3 Å². The van der Waals surface area contributed by atoms with Crippen LogP contribution in [0.3, 0.4) is 0 Å². The summed E-state index contributed by atoms with van der Waals surface area (Å²) >= 11 is 1.86. The number of fused-ring (bicyclic) bond motifs is 1. The molecule has 3 nitrogen and oxygen atoms in total. The maximum Gasteiger partial charge on any atom is 0.0900 e. The summed E-state index contributed by atoms with van der Waals surface area (Å²) < 4.78 is 0. The van der Waals surface area contributed by atoms with Crippen LogP contribution in [0.1, 0.15) is 22.0 Å². The first-order chi connectivity index (χ1) is 8.22. The van der Waals surface area contributed by atoms with Crippen molar-refractivity contribution in [2.75, 3.05) is 26.2 Å². The Hall–Kier alpha value is -0.450. The summed E-state index contributed by atoms with van der Waals surface area (Å²) in [4.78, 5) is 8.61. The molecule has 0 aromatic carbocycles. The third kappa shape index (κ3) is 2.39. The highest BCUT2D eigenvalue weighted by Crippen LogP contribution is 2.28. The molecule has 0 aliphatic carbocycles. The van der Waals surface area contributed by atoms with Crippen LogP contribution in [0.5, 0.6) is 0 Å². The number of rotatable bonds is 2. The van der Waals surface area contributed by atoms with E-state index in [9.17, 15) is 0 Å². The van der Waals surface area contributed by atoms with Crippen LogP contribution in [0.25, 0.3) is 0 Å². The van der Waals surface area contributed by atoms with Gasteiger partial charge in [-0.1, -0.05) is 0 Å². The third-order valence-corrected chi connectivity index (χ3v) is 5.21. The number of nitrogens with one attached hydrogen (secondary N) is 1. The van der Waals surface area contributed by atoms with Gasteiger partial charge in [0.1, 0.15) is 0 Å². The van der Waals surface area contributed by atoms with Crippen molar-refractivity contribution < 1.29 is 0 Å². The fourth-order valence-electron chi connectivity index (χ4n) is 3.18. The van der Waals surface area contributed by atoms with Gasteiger partial charge in [-0.15, -0.1) is 11.3 Å². The number of thiazole rings is 1. The van der Waals surface area contributed by atoms with Crippen LogP contribution in [0, 0.1) is 25.7 Å². The second-order valence-electron chi connectivity index (χ2n) is 5.44. The van der Waals surface area contributed by atoms with Gasteiger partial charge >= 0.3 is 0 Å². The van der Waals surface area contributed by atoms with Crippen molar-refractivity contribution in [2.24, 2.45) is 11.8 Å². The first kappa shape index (κ1) is 11.6. The fourth-order valence-corrected chi connectivity index (χ4v) is 4.16. The quantitative estimate of drug-likeness (QED) is 0.869. The Bertz CT molecular complexity index is 401. The second-order valence-corrected chi connectivity index (χ2v) is 6.73. The van der Waals surface area contributed by atoms with E-state index in [1.54, 1.807) is 0 Å². The molecule has 0 amide bonds. The minimum absolute atomic E-state index is 0.887. The summed E-state index contributed by atoms with van der Waals surface area (Å²) in [6, 6.07) is 0. The lowest BCUT2D eigenvalue weighted by Gasteiger charge is -2.34. The van der Waals surface area contributed by atoms with Crippen LogP contribution in [-0.4, -0.2) is 36.1 Å². The Balaban J connectivity index is 1.64. The molecule has 1 aromatic heterocycles. The molecule has 0 saturated carbocycles. The van der Waals surface area contributed by atoms with Crippen molar-refractivity contribution in [3.05, 3.63) is 15.6 Å². The lowest BCUT2D eigenvalue weighted by molar-refractivity contribution is 0.143. The van der Waals surface area contributed by atoms with Crippen LogP contribution in [0.15, 0.2) is 0 Å². The summed E-state index contributed by atoms with van der Waals surface area (Å²) in [5.41, 5.74) is 1.24. The van der Waals surface area contributed by atoms with Gasteiger partial charge in [-0.2, -0.15) is 0 Å². The van der Waals surface area contributed by atoms with E-state index in [0.717, 1.165) is 18.4 Å². The van der Waals surface area contributed by atoms with Gasteiger partial charge in [0, 0.05) is 18.0 Å². The van der Waals surface area contributed by atoms with Gasteiger partial charge in [-0.3, -0.25) is 4.90 Å². The molecule has 2 saturated heterocycles. The average molecular weight is 251 g/mol. The number of nitrogens with zero attached hydrogens (tertiary/aromatic N) is 2. The minimum atomic E-state index is 0.887. The standard InChI is InChI=1S/C13H21N3S/c1-9-13(17-10(2)15-9)8-16-4-3-11-5-14-6-12(11)7-16/h11-12,14H,3-8H2,1-2H3. The molecule has 0 radical (unpaired) electrons. The number of hydrogen-bond acceptors (Lipinski definition) is 4. The zero-order valence-corrected chi connectivity index (χ0v) is 11.5. The maximum atomic E-state index is 4.52. The Morgan fingerprint density at radius 3 is 2.94 bits per heavy atom. The monoisotopic (exact) mass is 251 g/mol. The highest BCUT2D eigenvalue weighted by molar-refractivity contribution is 7.11. The Morgan fingerprint density at radius 2 is 2.18 bits per heavy atom. The normalized spacial score (nSPS) is 29.5. The molecular weight excluding hydrogens is 230 g/mol. The Labute approximate surface area is 107 Å². The molecule has 2 aliphatic rings. The Morgan fingerprint density at radius 1 is 1.35 bits per heavy atom. The van der Waals surface area contributed by atoms with Crippen molar-refractivity contribution in [3.8, 4) is 0 Å². The smallest absolute Gasteiger partial charge is 0.0900 e. The summed E-state index contributed by atoms with van der Waals surface area (Å²) in [7, 11) is 0. The number of likely N-dealkylation sites (tertiary alicyclic amines) is 1. The summed E-state index contributed by atoms with van der Waals surface area (Å²) in [5, 5.41) is 4.73. The number of piperidine rings is 1.